The van der Waals surface area contributed by atoms with Crippen LogP contribution in [0.2, 0.25) is 0 Å². The molecule has 0 aliphatic rings. The van der Waals surface area contributed by atoms with Gasteiger partial charge in [-0.05, 0) is 24.1 Å². The van der Waals surface area contributed by atoms with Gasteiger partial charge in [0.1, 0.15) is 12.1 Å². The Bertz CT molecular complexity index is 560. The number of aliphatic hydroxyl groups is 1. The number of ether oxygens (including phenoxy) is 2. The molecule has 0 aliphatic heterocycles. The minimum atomic E-state index is 0.117. The van der Waals surface area contributed by atoms with E-state index < -0.39 is 0 Å². The van der Waals surface area contributed by atoms with Crippen LogP contribution in [-0.4, -0.2) is 28.8 Å². The maximum Gasteiger partial charge on any atom is 0.268 e. The zero-order valence-corrected chi connectivity index (χ0v) is 11.0. The Balaban J connectivity index is 2.21. The highest BCUT2D eigenvalue weighted by molar-refractivity contribution is 5.55. The number of benzene rings is 1. The van der Waals surface area contributed by atoms with Gasteiger partial charge in [-0.1, -0.05) is 12.1 Å². The highest BCUT2D eigenvalue weighted by atomic mass is 16.5. The molecule has 0 saturated heterocycles. The number of nitrogen functional groups attached to an aromatic ring is 1. The van der Waals surface area contributed by atoms with E-state index in [1.165, 1.54) is 13.4 Å². The molecule has 0 radical (unpaired) electrons. The molecule has 106 valence electrons. The summed E-state index contributed by atoms with van der Waals surface area (Å²) in [5, 5.41) is 8.87. The van der Waals surface area contributed by atoms with Crippen LogP contribution < -0.4 is 20.7 Å². The van der Waals surface area contributed by atoms with Crippen LogP contribution in [0, 0.1) is 0 Å². The van der Waals surface area contributed by atoms with Gasteiger partial charge < -0.3 is 20.0 Å². The van der Waals surface area contributed by atoms with Crippen molar-refractivity contribution in [3.05, 3.63) is 36.2 Å². The highest BCUT2D eigenvalue weighted by Gasteiger charge is 2.13. The third-order valence-electron chi connectivity index (χ3n) is 2.65. The Labute approximate surface area is 116 Å². The summed E-state index contributed by atoms with van der Waals surface area (Å²) >= 11 is 0. The van der Waals surface area contributed by atoms with Crippen LogP contribution in [0.1, 0.15) is 5.56 Å². The minimum Gasteiger partial charge on any atom is -0.489 e. The molecule has 4 N–H and O–H groups in total. The van der Waals surface area contributed by atoms with E-state index in [4.69, 9.17) is 20.4 Å². The van der Waals surface area contributed by atoms with Gasteiger partial charge in [-0.25, -0.2) is 10.8 Å². The first-order chi connectivity index (χ1) is 9.78. The summed E-state index contributed by atoms with van der Waals surface area (Å²) in [5.41, 5.74) is 3.44. The number of hydrazine groups is 1. The van der Waals surface area contributed by atoms with E-state index >= 15 is 0 Å². The summed E-state index contributed by atoms with van der Waals surface area (Å²) in [5.74, 6) is 6.88. The topological polar surface area (TPSA) is 103 Å². The van der Waals surface area contributed by atoms with Crippen molar-refractivity contribution in [3.63, 3.8) is 0 Å². The Morgan fingerprint density at radius 3 is 2.60 bits per heavy atom. The molecule has 7 heteroatoms. The van der Waals surface area contributed by atoms with Crippen LogP contribution in [0.15, 0.2) is 30.6 Å². The lowest BCUT2D eigenvalue weighted by Crippen LogP contribution is -2.10. The van der Waals surface area contributed by atoms with Gasteiger partial charge >= 0.3 is 0 Å². The number of nitrogens with two attached hydrogens (primary N) is 1. The third-order valence-corrected chi connectivity index (χ3v) is 2.65. The molecule has 0 amide bonds. The fourth-order valence-corrected chi connectivity index (χ4v) is 1.68. The predicted molar refractivity (Wildman–Crippen MR) is 73.7 cm³/mol. The van der Waals surface area contributed by atoms with Gasteiger partial charge in [0.15, 0.2) is 5.82 Å². The summed E-state index contributed by atoms with van der Waals surface area (Å²) in [4.78, 5) is 7.95. The SMILES string of the molecule is COc1c(NN)ncnc1Oc1ccc(CCO)cc1. The number of rotatable bonds is 6. The molecule has 0 bridgehead atoms. The van der Waals surface area contributed by atoms with Crippen LogP contribution in [0.4, 0.5) is 5.82 Å². The van der Waals surface area contributed by atoms with Crippen molar-refractivity contribution in [1.82, 2.24) is 9.97 Å². The molecular formula is C13H16N4O3. The van der Waals surface area contributed by atoms with Crippen molar-refractivity contribution in [1.29, 1.82) is 0 Å². The molecule has 1 aromatic heterocycles. The minimum absolute atomic E-state index is 0.117. The van der Waals surface area contributed by atoms with Gasteiger partial charge in [-0.3, -0.25) is 0 Å². The molecule has 2 rings (SSSR count). The highest BCUT2D eigenvalue weighted by Crippen LogP contribution is 2.33. The van der Waals surface area contributed by atoms with Crippen LogP contribution in [0.3, 0.4) is 0 Å². The zero-order valence-electron chi connectivity index (χ0n) is 11.0. The molecular weight excluding hydrogens is 260 g/mol. The Kier molecular flexibility index (Phi) is 4.70. The van der Waals surface area contributed by atoms with E-state index in [-0.39, 0.29) is 12.5 Å². The van der Waals surface area contributed by atoms with Gasteiger partial charge in [-0.2, -0.15) is 4.98 Å². The van der Waals surface area contributed by atoms with Crippen LogP contribution in [-0.2, 0) is 6.42 Å². The number of methoxy groups -OCH3 is 1. The standard InChI is InChI=1S/C13H16N4O3/c1-19-11-12(17-14)15-8-16-13(11)20-10-4-2-9(3-5-10)6-7-18/h2-5,8,18H,6-7,14H2,1H3,(H,15,16,17). The molecule has 0 atom stereocenters. The number of nitrogens with one attached hydrogen (secondary N) is 1. The lowest BCUT2D eigenvalue weighted by Gasteiger charge is -2.11. The van der Waals surface area contributed by atoms with Crippen molar-refractivity contribution in [3.8, 4) is 17.4 Å². The van der Waals surface area contributed by atoms with E-state index in [0.717, 1.165) is 5.56 Å². The summed E-state index contributed by atoms with van der Waals surface area (Å²) < 4.78 is 10.8. The predicted octanol–water partition coefficient (Wildman–Crippen LogP) is 1.10. The zero-order chi connectivity index (χ0) is 14.4. The smallest absolute Gasteiger partial charge is 0.268 e. The number of nitrogens with zero attached hydrogens (tertiary/aromatic N) is 2. The Morgan fingerprint density at radius 1 is 1.25 bits per heavy atom. The summed E-state index contributed by atoms with van der Waals surface area (Å²) in [7, 11) is 1.48. The molecule has 2 aromatic rings. The molecule has 20 heavy (non-hydrogen) atoms. The lowest BCUT2D eigenvalue weighted by atomic mass is 10.1. The molecule has 7 nitrogen and oxygen atoms in total. The first-order valence-electron chi connectivity index (χ1n) is 6.01. The first-order valence-corrected chi connectivity index (χ1v) is 6.01. The largest absolute Gasteiger partial charge is 0.489 e. The second-order valence-corrected chi connectivity index (χ2v) is 3.92. The van der Waals surface area contributed by atoms with Crippen molar-refractivity contribution in [2.75, 3.05) is 19.1 Å². The van der Waals surface area contributed by atoms with E-state index in [0.29, 0.717) is 23.7 Å². The fraction of sp³-hybridized carbons (Fsp3) is 0.231. The van der Waals surface area contributed by atoms with E-state index in [2.05, 4.69) is 15.4 Å². The first kappa shape index (κ1) is 14.0. The summed E-state index contributed by atoms with van der Waals surface area (Å²) in [6, 6.07) is 7.34. The van der Waals surface area contributed by atoms with Crippen LogP contribution in [0.25, 0.3) is 0 Å². The van der Waals surface area contributed by atoms with Gasteiger partial charge in [0, 0.05) is 6.61 Å². The number of aromatic nitrogens is 2. The van der Waals surface area contributed by atoms with Gasteiger partial charge in [0.25, 0.3) is 5.88 Å². The second kappa shape index (κ2) is 6.69. The third kappa shape index (κ3) is 3.14. The monoisotopic (exact) mass is 276 g/mol. The molecule has 1 aromatic carbocycles. The van der Waals surface area contributed by atoms with Crippen molar-refractivity contribution < 1.29 is 14.6 Å². The number of hydrogen-bond acceptors (Lipinski definition) is 7. The summed E-state index contributed by atoms with van der Waals surface area (Å²) in [6.45, 7) is 0.117. The maximum absolute atomic E-state index is 8.87. The number of anilines is 1. The molecule has 1 heterocycles. The van der Waals surface area contributed by atoms with Gasteiger partial charge in [0.2, 0.25) is 5.75 Å². The maximum atomic E-state index is 8.87. The lowest BCUT2D eigenvalue weighted by molar-refractivity contribution is 0.299. The van der Waals surface area contributed by atoms with Gasteiger partial charge in [-0.15, -0.1) is 0 Å². The van der Waals surface area contributed by atoms with E-state index in [1.54, 1.807) is 12.1 Å². The van der Waals surface area contributed by atoms with Crippen molar-refractivity contribution >= 4 is 5.82 Å². The fourth-order valence-electron chi connectivity index (χ4n) is 1.68. The Morgan fingerprint density at radius 2 is 2.00 bits per heavy atom. The normalized spacial score (nSPS) is 10.2. The molecule has 0 unspecified atom stereocenters. The molecule has 0 aliphatic carbocycles. The van der Waals surface area contributed by atoms with Gasteiger partial charge in [0.05, 0.1) is 7.11 Å². The van der Waals surface area contributed by atoms with E-state index in [9.17, 15) is 0 Å². The molecule has 0 spiro atoms. The number of aliphatic hydroxyl groups excluding tert-OH is 1. The van der Waals surface area contributed by atoms with Crippen molar-refractivity contribution in [2.24, 2.45) is 5.84 Å². The second-order valence-electron chi connectivity index (χ2n) is 3.92. The average molecular weight is 276 g/mol. The van der Waals surface area contributed by atoms with E-state index in [1.807, 2.05) is 12.1 Å². The molecule has 0 saturated carbocycles. The van der Waals surface area contributed by atoms with Crippen LogP contribution in [0.5, 0.6) is 17.4 Å². The average Bonchev–Trinajstić information content (AvgIpc) is 2.49. The van der Waals surface area contributed by atoms with Crippen LogP contribution >= 0.6 is 0 Å². The quantitative estimate of drug-likeness (QED) is 0.536. The summed E-state index contributed by atoms with van der Waals surface area (Å²) in [6.07, 6.45) is 1.94. The van der Waals surface area contributed by atoms with Crippen molar-refractivity contribution in [2.45, 2.75) is 6.42 Å². The number of hydrogen-bond donors (Lipinski definition) is 3. The molecule has 0 fully saturated rings. The Hall–Kier alpha value is -2.38.